The van der Waals surface area contributed by atoms with Crippen molar-refractivity contribution >= 4 is 11.6 Å². The summed E-state index contributed by atoms with van der Waals surface area (Å²) in [5.41, 5.74) is 0.864. The lowest BCUT2D eigenvalue weighted by Crippen LogP contribution is -2.18. The molecule has 2 heterocycles. The number of halogens is 1. The molecule has 0 radical (unpaired) electrons. The highest BCUT2D eigenvalue weighted by atomic mass is 35.5. The monoisotopic (exact) mass is 263 g/mol. The maximum absolute atomic E-state index is 5.94. The van der Waals surface area contributed by atoms with Gasteiger partial charge in [0, 0.05) is 10.6 Å². The first kappa shape index (κ1) is 11.7. The standard InChI is InChI=1S/C13H14ClN3O/c14-11-5-3-4-10(8-11)13-16-15-12(18-13)9-17-6-1-2-7-17/h3-5,8H,1-2,6-7,9H2. The fraction of sp³-hybridized carbons (Fsp3) is 0.385. The van der Waals surface area contributed by atoms with Crippen LogP contribution in [0.15, 0.2) is 28.7 Å². The van der Waals surface area contributed by atoms with E-state index in [0.29, 0.717) is 16.8 Å². The van der Waals surface area contributed by atoms with E-state index in [1.807, 2.05) is 24.3 Å². The van der Waals surface area contributed by atoms with Crippen LogP contribution in [0.1, 0.15) is 18.7 Å². The van der Waals surface area contributed by atoms with Crippen molar-refractivity contribution in [2.75, 3.05) is 13.1 Å². The normalized spacial score (nSPS) is 16.3. The molecule has 1 aromatic carbocycles. The largest absolute Gasteiger partial charge is 0.419 e. The van der Waals surface area contributed by atoms with Gasteiger partial charge in [-0.1, -0.05) is 17.7 Å². The summed E-state index contributed by atoms with van der Waals surface area (Å²) in [4.78, 5) is 2.33. The minimum atomic E-state index is 0.534. The maximum atomic E-state index is 5.94. The lowest BCUT2D eigenvalue weighted by atomic mass is 10.2. The summed E-state index contributed by atoms with van der Waals surface area (Å²) in [5.74, 6) is 1.21. The molecule has 0 spiro atoms. The topological polar surface area (TPSA) is 42.2 Å². The fourth-order valence-corrected chi connectivity index (χ4v) is 2.38. The number of aromatic nitrogens is 2. The Balaban J connectivity index is 1.76. The summed E-state index contributed by atoms with van der Waals surface area (Å²) in [6, 6.07) is 7.45. The zero-order valence-electron chi connectivity index (χ0n) is 9.97. The van der Waals surface area contributed by atoms with E-state index >= 15 is 0 Å². The Hall–Kier alpha value is -1.39. The van der Waals surface area contributed by atoms with Gasteiger partial charge in [-0.05, 0) is 44.1 Å². The number of nitrogens with zero attached hydrogens (tertiary/aromatic N) is 3. The van der Waals surface area contributed by atoms with Crippen LogP contribution >= 0.6 is 11.6 Å². The van der Waals surface area contributed by atoms with E-state index in [1.54, 1.807) is 0 Å². The van der Waals surface area contributed by atoms with E-state index in [1.165, 1.54) is 12.8 Å². The van der Waals surface area contributed by atoms with Crippen LogP contribution < -0.4 is 0 Å². The molecule has 0 saturated carbocycles. The first-order chi connectivity index (χ1) is 8.81. The van der Waals surface area contributed by atoms with E-state index < -0.39 is 0 Å². The van der Waals surface area contributed by atoms with Gasteiger partial charge in [0.15, 0.2) is 0 Å². The Morgan fingerprint density at radius 3 is 2.83 bits per heavy atom. The highest BCUT2D eigenvalue weighted by molar-refractivity contribution is 6.30. The predicted octanol–water partition coefficient (Wildman–Crippen LogP) is 2.99. The van der Waals surface area contributed by atoms with Crippen molar-refractivity contribution in [1.82, 2.24) is 15.1 Å². The van der Waals surface area contributed by atoms with Gasteiger partial charge in [0.2, 0.25) is 11.8 Å². The molecule has 3 rings (SSSR count). The van der Waals surface area contributed by atoms with Gasteiger partial charge >= 0.3 is 0 Å². The molecule has 1 aromatic heterocycles. The van der Waals surface area contributed by atoms with E-state index in [9.17, 15) is 0 Å². The molecule has 18 heavy (non-hydrogen) atoms. The summed E-state index contributed by atoms with van der Waals surface area (Å²) in [7, 11) is 0. The molecule has 1 aliphatic rings. The van der Waals surface area contributed by atoms with Gasteiger partial charge in [-0.3, -0.25) is 4.90 Å². The molecule has 0 bridgehead atoms. The van der Waals surface area contributed by atoms with Gasteiger partial charge in [0.05, 0.1) is 6.54 Å². The second-order valence-corrected chi connectivity index (χ2v) is 4.93. The maximum Gasteiger partial charge on any atom is 0.247 e. The van der Waals surface area contributed by atoms with Crippen LogP contribution in [0.25, 0.3) is 11.5 Å². The van der Waals surface area contributed by atoms with Gasteiger partial charge in [0.1, 0.15) is 0 Å². The van der Waals surface area contributed by atoms with Crippen molar-refractivity contribution in [2.45, 2.75) is 19.4 Å². The average Bonchev–Trinajstić information content (AvgIpc) is 3.01. The van der Waals surface area contributed by atoms with Gasteiger partial charge in [0.25, 0.3) is 0 Å². The van der Waals surface area contributed by atoms with E-state index in [2.05, 4.69) is 15.1 Å². The first-order valence-corrected chi connectivity index (χ1v) is 6.50. The molecule has 2 aromatic rings. The van der Waals surface area contributed by atoms with Crippen LogP contribution in [0, 0.1) is 0 Å². The Bertz CT molecular complexity index is 535. The lowest BCUT2D eigenvalue weighted by molar-refractivity contribution is 0.292. The molecule has 0 amide bonds. The summed E-state index contributed by atoms with van der Waals surface area (Å²) in [5, 5.41) is 8.82. The smallest absolute Gasteiger partial charge is 0.247 e. The molecule has 94 valence electrons. The Morgan fingerprint density at radius 1 is 1.22 bits per heavy atom. The van der Waals surface area contributed by atoms with Crippen LogP contribution in [-0.2, 0) is 6.54 Å². The number of hydrogen-bond donors (Lipinski definition) is 0. The second kappa shape index (κ2) is 5.08. The summed E-state index contributed by atoms with van der Waals surface area (Å²) in [6.07, 6.45) is 2.52. The van der Waals surface area contributed by atoms with Crippen LogP contribution in [0.5, 0.6) is 0 Å². The summed E-state index contributed by atoms with van der Waals surface area (Å²) >= 11 is 5.94. The molecule has 1 fully saturated rings. The number of benzene rings is 1. The van der Waals surface area contributed by atoms with Gasteiger partial charge in [-0.15, -0.1) is 10.2 Å². The second-order valence-electron chi connectivity index (χ2n) is 4.49. The quantitative estimate of drug-likeness (QED) is 0.854. The van der Waals surface area contributed by atoms with Crippen molar-refractivity contribution in [3.63, 3.8) is 0 Å². The molecular formula is C13H14ClN3O. The van der Waals surface area contributed by atoms with E-state index in [4.69, 9.17) is 16.0 Å². The summed E-state index contributed by atoms with van der Waals surface area (Å²) < 4.78 is 5.66. The zero-order chi connectivity index (χ0) is 12.4. The molecular weight excluding hydrogens is 250 g/mol. The molecule has 0 aliphatic carbocycles. The highest BCUT2D eigenvalue weighted by Crippen LogP contribution is 2.22. The number of likely N-dealkylation sites (tertiary alicyclic amines) is 1. The van der Waals surface area contributed by atoms with Crippen molar-refractivity contribution in [3.05, 3.63) is 35.2 Å². The van der Waals surface area contributed by atoms with Crippen molar-refractivity contribution in [1.29, 1.82) is 0 Å². The van der Waals surface area contributed by atoms with E-state index in [0.717, 1.165) is 25.2 Å². The van der Waals surface area contributed by atoms with Crippen LogP contribution in [0.2, 0.25) is 5.02 Å². The third-order valence-electron chi connectivity index (χ3n) is 3.10. The molecule has 0 N–H and O–H groups in total. The van der Waals surface area contributed by atoms with Crippen LogP contribution in [0.4, 0.5) is 0 Å². The van der Waals surface area contributed by atoms with Gasteiger partial charge in [-0.25, -0.2) is 0 Å². The SMILES string of the molecule is Clc1cccc(-c2nnc(CN3CCCC3)o2)c1. The fourth-order valence-electron chi connectivity index (χ4n) is 2.19. The van der Waals surface area contributed by atoms with Crippen molar-refractivity contribution in [3.8, 4) is 11.5 Å². The van der Waals surface area contributed by atoms with Gasteiger partial charge < -0.3 is 4.42 Å². The molecule has 1 saturated heterocycles. The average molecular weight is 264 g/mol. The Morgan fingerprint density at radius 2 is 2.06 bits per heavy atom. The van der Waals surface area contributed by atoms with Gasteiger partial charge in [-0.2, -0.15) is 0 Å². The molecule has 4 nitrogen and oxygen atoms in total. The Labute approximate surface area is 111 Å². The minimum absolute atomic E-state index is 0.534. The minimum Gasteiger partial charge on any atom is -0.419 e. The van der Waals surface area contributed by atoms with Crippen molar-refractivity contribution in [2.24, 2.45) is 0 Å². The zero-order valence-corrected chi connectivity index (χ0v) is 10.7. The third kappa shape index (κ3) is 2.54. The number of hydrogen-bond acceptors (Lipinski definition) is 4. The lowest BCUT2D eigenvalue weighted by Gasteiger charge is -2.10. The van der Waals surface area contributed by atoms with E-state index in [-0.39, 0.29) is 0 Å². The van der Waals surface area contributed by atoms with Crippen LogP contribution in [-0.4, -0.2) is 28.2 Å². The highest BCUT2D eigenvalue weighted by Gasteiger charge is 2.16. The molecule has 5 heteroatoms. The Kier molecular flexibility index (Phi) is 3.30. The predicted molar refractivity (Wildman–Crippen MR) is 69.3 cm³/mol. The number of rotatable bonds is 3. The molecule has 0 unspecified atom stereocenters. The molecule has 0 atom stereocenters. The third-order valence-corrected chi connectivity index (χ3v) is 3.33. The summed E-state index contributed by atoms with van der Waals surface area (Å²) in [6.45, 7) is 2.98. The van der Waals surface area contributed by atoms with Crippen LogP contribution in [0.3, 0.4) is 0 Å². The first-order valence-electron chi connectivity index (χ1n) is 6.12. The molecule has 1 aliphatic heterocycles. The van der Waals surface area contributed by atoms with Crippen molar-refractivity contribution < 1.29 is 4.42 Å².